The summed E-state index contributed by atoms with van der Waals surface area (Å²) in [5.41, 5.74) is 1.49. The highest BCUT2D eigenvalue weighted by atomic mass is 14.9. The van der Waals surface area contributed by atoms with Gasteiger partial charge in [-0.15, -0.1) is 0 Å². The standard InChI is InChI=1S/C8H14N2/c1-8(2,3)7-4-5-9-6-10-7/h5H,4,6H2,1-3H3. The van der Waals surface area contributed by atoms with E-state index in [1.807, 2.05) is 6.21 Å². The molecule has 0 atom stereocenters. The van der Waals surface area contributed by atoms with Crippen molar-refractivity contribution < 1.29 is 0 Å². The van der Waals surface area contributed by atoms with Crippen molar-refractivity contribution in [2.24, 2.45) is 15.4 Å². The van der Waals surface area contributed by atoms with Crippen LogP contribution in [0, 0.1) is 5.41 Å². The van der Waals surface area contributed by atoms with Crippen LogP contribution in [0.25, 0.3) is 0 Å². The largest absolute Gasteiger partial charge is 0.274 e. The van der Waals surface area contributed by atoms with Crippen LogP contribution in [0.4, 0.5) is 0 Å². The molecular formula is C8H14N2. The zero-order valence-corrected chi connectivity index (χ0v) is 6.89. The number of aliphatic imine (C=N–C) groups is 2. The summed E-state index contributed by atoms with van der Waals surface area (Å²) in [6.45, 7) is 7.19. The molecule has 1 heterocycles. The SMILES string of the molecule is CC(C)(C)C1=NCN=CC1. The fraction of sp³-hybridized carbons (Fsp3) is 0.750. The lowest BCUT2D eigenvalue weighted by Gasteiger charge is -2.21. The Bertz CT molecular complexity index is 172. The minimum Gasteiger partial charge on any atom is -0.274 e. The summed E-state index contributed by atoms with van der Waals surface area (Å²) in [7, 11) is 0. The summed E-state index contributed by atoms with van der Waals surface area (Å²) in [5.74, 6) is 0. The molecule has 1 aliphatic heterocycles. The third-order valence-electron chi connectivity index (χ3n) is 1.62. The molecule has 0 saturated heterocycles. The first-order chi connectivity index (χ1) is 4.61. The van der Waals surface area contributed by atoms with Crippen LogP contribution in [0.2, 0.25) is 0 Å². The molecule has 0 N–H and O–H groups in total. The highest BCUT2D eigenvalue weighted by molar-refractivity contribution is 5.99. The van der Waals surface area contributed by atoms with Gasteiger partial charge in [-0.05, 0) is 0 Å². The van der Waals surface area contributed by atoms with Gasteiger partial charge in [0.2, 0.25) is 0 Å². The predicted molar refractivity (Wildman–Crippen MR) is 44.9 cm³/mol. The number of nitrogens with zero attached hydrogens (tertiary/aromatic N) is 2. The van der Waals surface area contributed by atoms with E-state index >= 15 is 0 Å². The average molecular weight is 138 g/mol. The monoisotopic (exact) mass is 138 g/mol. The van der Waals surface area contributed by atoms with Gasteiger partial charge in [-0.2, -0.15) is 0 Å². The summed E-state index contributed by atoms with van der Waals surface area (Å²) >= 11 is 0. The fourth-order valence-electron chi connectivity index (χ4n) is 0.943. The van der Waals surface area contributed by atoms with Gasteiger partial charge in [0.15, 0.2) is 0 Å². The van der Waals surface area contributed by atoms with Crippen LogP contribution < -0.4 is 0 Å². The second-order valence-electron chi connectivity index (χ2n) is 3.57. The molecule has 56 valence electrons. The van der Waals surface area contributed by atoms with Crippen LogP contribution in [0.5, 0.6) is 0 Å². The van der Waals surface area contributed by atoms with Gasteiger partial charge >= 0.3 is 0 Å². The van der Waals surface area contributed by atoms with E-state index in [9.17, 15) is 0 Å². The van der Waals surface area contributed by atoms with Crippen molar-refractivity contribution in [3.8, 4) is 0 Å². The van der Waals surface area contributed by atoms with Crippen LogP contribution in [-0.4, -0.2) is 18.6 Å². The van der Waals surface area contributed by atoms with E-state index in [1.165, 1.54) is 5.71 Å². The second kappa shape index (κ2) is 2.52. The molecule has 2 heteroatoms. The fourth-order valence-corrected chi connectivity index (χ4v) is 0.943. The molecule has 10 heavy (non-hydrogen) atoms. The van der Waals surface area contributed by atoms with Gasteiger partial charge in [0.1, 0.15) is 6.67 Å². The predicted octanol–water partition coefficient (Wildman–Crippen LogP) is 1.91. The maximum Gasteiger partial charge on any atom is 0.128 e. The van der Waals surface area contributed by atoms with Crippen LogP contribution in [0.3, 0.4) is 0 Å². The minimum absolute atomic E-state index is 0.229. The molecule has 0 unspecified atom stereocenters. The third kappa shape index (κ3) is 1.66. The Morgan fingerprint density at radius 3 is 2.40 bits per heavy atom. The molecule has 0 fully saturated rings. The zero-order valence-electron chi connectivity index (χ0n) is 6.89. The van der Waals surface area contributed by atoms with E-state index in [0.29, 0.717) is 6.67 Å². The zero-order chi connectivity index (χ0) is 7.61. The van der Waals surface area contributed by atoms with Crippen molar-refractivity contribution >= 4 is 11.9 Å². The van der Waals surface area contributed by atoms with E-state index in [-0.39, 0.29) is 5.41 Å². The summed E-state index contributed by atoms with van der Waals surface area (Å²) in [6, 6.07) is 0. The molecule has 0 radical (unpaired) electrons. The van der Waals surface area contributed by atoms with E-state index < -0.39 is 0 Å². The van der Waals surface area contributed by atoms with Crippen molar-refractivity contribution in [1.82, 2.24) is 0 Å². The van der Waals surface area contributed by atoms with Crippen LogP contribution in [0.1, 0.15) is 27.2 Å². The summed E-state index contributed by atoms with van der Waals surface area (Å²) in [6.07, 6.45) is 2.89. The van der Waals surface area contributed by atoms with E-state index in [2.05, 4.69) is 30.8 Å². The lowest BCUT2D eigenvalue weighted by molar-refractivity contribution is 0.580. The number of rotatable bonds is 0. The quantitative estimate of drug-likeness (QED) is 0.488. The van der Waals surface area contributed by atoms with Crippen molar-refractivity contribution in [3.63, 3.8) is 0 Å². The molecular weight excluding hydrogens is 124 g/mol. The Hall–Kier alpha value is -0.660. The minimum atomic E-state index is 0.229. The molecule has 0 saturated carbocycles. The molecule has 0 bridgehead atoms. The van der Waals surface area contributed by atoms with Crippen molar-refractivity contribution in [2.45, 2.75) is 27.2 Å². The van der Waals surface area contributed by atoms with Crippen molar-refractivity contribution in [2.75, 3.05) is 6.67 Å². The molecule has 0 amide bonds. The van der Waals surface area contributed by atoms with Crippen molar-refractivity contribution in [3.05, 3.63) is 0 Å². The maximum absolute atomic E-state index is 4.32. The van der Waals surface area contributed by atoms with Gasteiger partial charge in [0, 0.05) is 23.8 Å². The van der Waals surface area contributed by atoms with Gasteiger partial charge < -0.3 is 0 Å². The topological polar surface area (TPSA) is 24.7 Å². The van der Waals surface area contributed by atoms with Gasteiger partial charge in [0.25, 0.3) is 0 Å². The Morgan fingerprint density at radius 2 is 2.10 bits per heavy atom. The van der Waals surface area contributed by atoms with Gasteiger partial charge in [-0.25, -0.2) is 0 Å². The Kier molecular flexibility index (Phi) is 1.88. The summed E-state index contributed by atoms with van der Waals surface area (Å²) in [5, 5.41) is 0. The molecule has 0 aliphatic carbocycles. The van der Waals surface area contributed by atoms with Crippen LogP contribution in [0.15, 0.2) is 9.98 Å². The Labute approximate surface area is 62.1 Å². The van der Waals surface area contributed by atoms with Crippen LogP contribution in [-0.2, 0) is 0 Å². The van der Waals surface area contributed by atoms with E-state index in [0.717, 1.165) is 6.42 Å². The summed E-state index contributed by atoms with van der Waals surface area (Å²) in [4.78, 5) is 8.35. The number of hydrogen-bond donors (Lipinski definition) is 0. The molecule has 1 rings (SSSR count). The molecule has 2 nitrogen and oxygen atoms in total. The van der Waals surface area contributed by atoms with Gasteiger partial charge in [0.05, 0.1) is 0 Å². The van der Waals surface area contributed by atoms with E-state index in [4.69, 9.17) is 0 Å². The average Bonchev–Trinajstić information content (AvgIpc) is 1.88. The lowest BCUT2D eigenvalue weighted by Crippen LogP contribution is -2.22. The van der Waals surface area contributed by atoms with E-state index in [1.54, 1.807) is 0 Å². The van der Waals surface area contributed by atoms with Crippen LogP contribution >= 0.6 is 0 Å². The second-order valence-corrected chi connectivity index (χ2v) is 3.57. The highest BCUT2D eigenvalue weighted by Gasteiger charge is 2.18. The lowest BCUT2D eigenvalue weighted by atomic mass is 9.88. The number of hydrogen-bond acceptors (Lipinski definition) is 2. The Balaban J connectivity index is 2.65. The first-order valence-electron chi connectivity index (χ1n) is 3.63. The molecule has 0 aromatic carbocycles. The first-order valence-corrected chi connectivity index (χ1v) is 3.63. The smallest absolute Gasteiger partial charge is 0.128 e. The third-order valence-corrected chi connectivity index (χ3v) is 1.62. The molecule has 0 aromatic heterocycles. The van der Waals surface area contributed by atoms with Gasteiger partial charge in [-0.1, -0.05) is 20.8 Å². The van der Waals surface area contributed by atoms with Gasteiger partial charge in [-0.3, -0.25) is 9.98 Å². The normalized spacial score (nSPS) is 18.9. The Morgan fingerprint density at radius 1 is 1.40 bits per heavy atom. The molecule has 0 spiro atoms. The summed E-state index contributed by atoms with van der Waals surface area (Å²) < 4.78 is 0. The first kappa shape index (κ1) is 7.45. The maximum atomic E-state index is 4.32. The van der Waals surface area contributed by atoms with Crippen molar-refractivity contribution in [1.29, 1.82) is 0 Å². The molecule has 1 aliphatic rings. The highest BCUT2D eigenvalue weighted by Crippen LogP contribution is 2.18. The molecule has 0 aromatic rings.